The number of nitrogens with one attached hydrogen (secondary N) is 2. The van der Waals surface area contributed by atoms with Crippen LogP contribution in [-0.4, -0.2) is 23.3 Å². The minimum Gasteiger partial charge on any atom is -0.356 e. The Labute approximate surface area is 168 Å². The summed E-state index contributed by atoms with van der Waals surface area (Å²) in [5, 5.41) is 8.89. The molecule has 28 heavy (non-hydrogen) atoms. The number of benzene rings is 1. The quantitative estimate of drug-likeness (QED) is 0.742. The number of hydrogen-bond acceptors (Lipinski definition) is 4. The molecule has 1 atom stereocenters. The molecule has 1 aromatic heterocycles. The van der Waals surface area contributed by atoms with Gasteiger partial charge in [0.15, 0.2) is 0 Å². The predicted molar refractivity (Wildman–Crippen MR) is 107 cm³/mol. The Bertz CT molecular complexity index is 789. The van der Waals surface area contributed by atoms with E-state index < -0.39 is 0 Å². The molecule has 0 radical (unpaired) electrons. The molecule has 1 heterocycles. The van der Waals surface area contributed by atoms with Gasteiger partial charge in [-0.05, 0) is 49.1 Å². The van der Waals surface area contributed by atoms with Crippen LogP contribution in [0.2, 0.25) is 0 Å². The Kier molecular flexibility index (Phi) is 7.14. The highest BCUT2D eigenvalue weighted by Crippen LogP contribution is 2.37. The first-order chi connectivity index (χ1) is 13.5. The molecule has 0 bridgehead atoms. The zero-order chi connectivity index (χ0) is 19.9. The Hall–Kier alpha value is -2.28. The van der Waals surface area contributed by atoms with Crippen molar-refractivity contribution in [3.05, 3.63) is 52.2 Å². The molecule has 2 amide bonds. The highest BCUT2D eigenvalue weighted by atomic mass is 32.1. The monoisotopic (exact) mass is 403 g/mol. The number of amides is 2. The Morgan fingerprint density at radius 1 is 1.25 bits per heavy atom. The average Bonchev–Trinajstić information content (AvgIpc) is 3.21. The van der Waals surface area contributed by atoms with Gasteiger partial charge in [-0.2, -0.15) is 0 Å². The second-order valence-corrected chi connectivity index (χ2v) is 8.33. The first-order valence-corrected chi connectivity index (χ1v) is 10.6. The van der Waals surface area contributed by atoms with Gasteiger partial charge in [-0.25, -0.2) is 9.37 Å². The summed E-state index contributed by atoms with van der Waals surface area (Å²) in [6.45, 7) is 2.15. The van der Waals surface area contributed by atoms with E-state index in [2.05, 4.69) is 15.6 Å². The van der Waals surface area contributed by atoms with Crippen molar-refractivity contribution in [2.45, 2.75) is 45.1 Å². The summed E-state index contributed by atoms with van der Waals surface area (Å²) in [5.41, 5.74) is 0.422. The van der Waals surface area contributed by atoms with Crippen LogP contribution in [0.4, 0.5) is 4.39 Å². The van der Waals surface area contributed by atoms with Gasteiger partial charge in [0.1, 0.15) is 10.8 Å². The fourth-order valence-corrected chi connectivity index (χ4v) is 4.63. The van der Waals surface area contributed by atoms with Crippen LogP contribution in [0.25, 0.3) is 0 Å². The van der Waals surface area contributed by atoms with E-state index in [9.17, 15) is 14.0 Å². The molecule has 1 saturated carbocycles. The Morgan fingerprint density at radius 2 is 2.00 bits per heavy atom. The number of rotatable bonds is 7. The predicted octanol–water partition coefficient (Wildman–Crippen LogP) is 3.62. The number of carbonyl (C=O) groups is 2. The number of hydrogen-bond donors (Lipinski definition) is 2. The molecule has 7 heteroatoms. The van der Waals surface area contributed by atoms with E-state index in [1.165, 1.54) is 13.0 Å². The van der Waals surface area contributed by atoms with Gasteiger partial charge in [0.2, 0.25) is 11.8 Å². The van der Waals surface area contributed by atoms with Gasteiger partial charge in [-0.15, -0.1) is 11.3 Å². The van der Waals surface area contributed by atoms with E-state index in [0.29, 0.717) is 23.9 Å². The van der Waals surface area contributed by atoms with Gasteiger partial charge in [-0.3, -0.25) is 9.59 Å². The number of nitrogens with zero attached hydrogens (tertiary/aromatic N) is 1. The molecule has 2 aromatic rings. The van der Waals surface area contributed by atoms with Crippen molar-refractivity contribution in [1.29, 1.82) is 0 Å². The average molecular weight is 404 g/mol. The molecule has 1 aliphatic rings. The largest absolute Gasteiger partial charge is 0.356 e. The summed E-state index contributed by atoms with van der Waals surface area (Å²) in [6, 6.07) is 6.34. The van der Waals surface area contributed by atoms with Crippen LogP contribution >= 0.6 is 11.3 Å². The number of thiazole rings is 1. The van der Waals surface area contributed by atoms with E-state index >= 15 is 0 Å². The van der Waals surface area contributed by atoms with Crippen LogP contribution in [0.1, 0.15) is 49.2 Å². The van der Waals surface area contributed by atoms with Crippen LogP contribution in [0.5, 0.6) is 0 Å². The molecule has 0 saturated heterocycles. The van der Waals surface area contributed by atoms with Crippen molar-refractivity contribution in [2.24, 2.45) is 11.8 Å². The summed E-state index contributed by atoms with van der Waals surface area (Å²) in [6.07, 6.45) is 5.79. The molecular weight excluding hydrogens is 377 g/mol. The normalized spacial score (nSPS) is 20.4. The number of aromatic nitrogens is 1. The lowest BCUT2D eigenvalue weighted by atomic mass is 9.78. The van der Waals surface area contributed by atoms with Crippen molar-refractivity contribution in [3.63, 3.8) is 0 Å². The van der Waals surface area contributed by atoms with Crippen LogP contribution < -0.4 is 10.6 Å². The minimum absolute atomic E-state index is 0.0332. The first-order valence-electron chi connectivity index (χ1n) is 9.69. The van der Waals surface area contributed by atoms with Gasteiger partial charge in [0, 0.05) is 25.0 Å². The number of carbonyl (C=O) groups excluding carboxylic acids is 2. The van der Waals surface area contributed by atoms with Crippen molar-refractivity contribution in [1.82, 2.24) is 15.6 Å². The van der Waals surface area contributed by atoms with Crippen LogP contribution in [0.15, 0.2) is 35.8 Å². The molecule has 0 spiro atoms. The van der Waals surface area contributed by atoms with Gasteiger partial charge in [0.25, 0.3) is 0 Å². The van der Waals surface area contributed by atoms with Crippen LogP contribution in [-0.2, 0) is 16.0 Å². The van der Waals surface area contributed by atoms with Gasteiger partial charge >= 0.3 is 0 Å². The van der Waals surface area contributed by atoms with Crippen LogP contribution in [0, 0.1) is 17.7 Å². The smallest absolute Gasteiger partial charge is 0.224 e. The summed E-state index contributed by atoms with van der Waals surface area (Å²) in [7, 11) is 0. The second kappa shape index (κ2) is 9.78. The summed E-state index contributed by atoms with van der Waals surface area (Å²) in [4.78, 5) is 28.1. The standard InChI is InChI=1S/C21H26FN3O2S/c1-14(26)25-20(21-23-10-11-28-21)16-8-6-15(7-9-16)13-24-19(27)12-17-4-2-3-5-18(17)22/h2-5,10-11,15-16,20H,6-9,12-13H2,1H3,(H,24,27)(H,25,26)/t15?,16?,20-/m1/s1. The third kappa shape index (κ3) is 5.61. The third-order valence-corrected chi connectivity index (χ3v) is 6.19. The van der Waals surface area contributed by atoms with Crippen molar-refractivity contribution in [2.75, 3.05) is 6.54 Å². The summed E-state index contributed by atoms with van der Waals surface area (Å²) < 4.78 is 13.7. The first kappa shape index (κ1) is 20.5. The zero-order valence-electron chi connectivity index (χ0n) is 16.0. The van der Waals surface area contributed by atoms with E-state index in [4.69, 9.17) is 0 Å². The Morgan fingerprint density at radius 3 is 2.64 bits per heavy atom. The molecule has 2 N–H and O–H groups in total. The fraction of sp³-hybridized carbons (Fsp3) is 0.476. The molecule has 1 fully saturated rings. The van der Waals surface area contributed by atoms with E-state index in [1.54, 1.807) is 35.7 Å². The molecule has 1 aliphatic carbocycles. The molecule has 0 unspecified atom stereocenters. The van der Waals surface area contributed by atoms with Gasteiger partial charge in [0.05, 0.1) is 12.5 Å². The third-order valence-electron chi connectivity index (χ3n) is 5.34. The highest BCUT2D eigenvalue weighted by molar-refractivity contribution is 7.09. The maximum Gasteiger partial charge on any atom is 0.224 e. The van der Waals surface area contributed by atoms with E-state index in [0.717, 1.165) is 30.7 Å². The lowest BCUT2D eigenvalue weighted by Crippen LogP contribution is -2.36. The van der Waals surface area contributed by atoms with Crippen molar-refractivity contribution in [3.8, 4) is 0 Å². The molecule has 1 aromatic carbocycles. The zero-order valence-corrected chi connectivity index (χ0v) is 16.8. The number of halogens is 1. The lowest BCUT2D eigenvalue weighted by Gasteiger charge is -2.33. The van der Waals surface area contributed by atoms with Gasteiger partial charge < -0.3 is 10.6 Å². The van der Waals surface area contributed by atoms with Crippen molar-refractivity contribution >= 4 is 23.2 Å². The van der Waals surface area contributed by atoms with E-state index in [1.807, 2.05) is 5.38 Å². The molecule has 0 aliphatic heterocycles. The second-order valence-electron chi connectivity index (χ2n) is 7.40. The Balaban J connectivity index is 1.46. The highest BCUT2D eigenvalue weighted by Gasteiger charge is 2.30. The molecular formula is C21H26FN3O2S. The SMILES string of the molecule is CC(=O)N[C@@H](c1nccs1)C1CCC(CNC(=O)Cc2ccccc2F)CC1. The molecule has 3 rings (SSSR count). The van der Waals surface area contributed by atoms with Gasteiger partial charge in [-0.1, -0.05) is 18.2 Å². The lowest BCUT2D eigenvalue weighted by molar-refractivity contribution is -0.121. The van der Waals surface area contributed by atoms with Crippen LogP contribution in [0.3, 0.4) is 0 Å². The van der Waals surface area contributed by atoms with Crippen molar-refractivity contribution < 1.29 is 14.0 Å². The molecule has 150 valence electrons. The topological polar surface area (TPSA) is 71.1 Å². The molecule has 5 nitrogen and oxygen atoms in total. The summed E-state index contributed by atoms with van der Waals surface area (Å²) >= 11 is 1.57. The minimum atomic E-state index is -0.343. The maximum absolute atomic E-state index is 13.7. The fourth-order valence-electron chi connectivity index (χ4n) is 3.85. The van der Waals surface area contributed by atoms with E-state index in [-0.39, 0.29) is 30.1 Å². The maximum atomic E-state index is 13.7. The summed E-state index contributed by atoms with van der Waals surface area (Å²) in [5.74, 6) is 0.244.